The minimum absolute atomic E-state index is 0.00292. The molecule has 4 aliphatic heterocycles. The lowest BCUT2D eigenvalue weighted by Crippen LogP contribution is -2.53. The number of ether oxygens (including phenoxy) is 9. The van der Waals surface area contributed by atoms with E-state index in [9.17, 15) is 38.7 Å². The van der Waals surface area contributed by atoms with Gasteiger partial charge in [0.15, 0.2) is 29.2 Å². The van der Waals surface area contributed by atoms with Gasteiger partial charge in [-0.05, 0) is 112 Å². The Labute approximate surface area is 642 Å². The van der Waals surface area contributed by atoms with Gasteiger partial charge in [0, 0.05) is 60.6 Å². The highest BCUT2D eigenvalue weighted by Crippen LogP contribution is 2.46. The number of rotatable bonds is 39. The molecule has 8 rings (SSSR count). The molecular formula is C82H116N8O17S. The third-order valence-corrected chi connectivity index (χ3v) is 22.2. The smallest absolute Gasteiger partial charge is 0.416 e. The van der Waals surface area contributed by atoms with E-state index in [1.54, 1.807) is 67.6 Å². The number of hydrogen-bond acceptors (Lipinski definition) is 19. The summed E-state index contributed by atoms with van der Waals surface area (Å²) < 4.78 is 52.4. The number of thioether (sulfide) groups is 1. The number of amides is 7. The van der Waals surface area contributed by atoms with E-state index < -0.39 is 54.1 Å². The van der Waals surface area contributed by atoms with E-state index in [4.69, 9.17) is 42.6 Å². The predicted molar refractivity (Wildman–Crippen MR) is 418 cm³/mol. The van der Waals surface area contributed by atoms with Crippen LogP contribution in [-0.2, 0) is 49.5 Å². The monoisotopic (exact) mass is 1520 g/mol. The molecule has 108 heavy (non-hydrogen) atoms. The van der Waals surface area contributed by atoms with Crippen LogP contribution < -0.4 is 45.1 Å². The van der Waals surface area contributed by atoms with Crippen LogP contribution >= 0.6 is 11.8 Å². The van der Waals surface area contributed by atoms with E-state index >= 15 is 0 Å². The number of anilines is 2. The average molecular weight is 1520 g/mol. The Morgan fingerprint density at radius 2 is 1.20 bits per heavy atom. The van der Waals surface area contributed by atoms with Crippen molar-refractivity contribution in [3.05, 3.63) is 113 Å². The van der Waals surface area contributed by atoms with Gasteiger partial charge in [-0.25, -0.2) is 9.69 Å². The number of nitrogens with zero attached hydrogens (tertiary/aromatic N) is 4. The van der Waals surface area contributed by atoms with Crippen LogP contribution in [0.15, 0.2) is 101 Å². The van der Waals surface area contributed by atoms with Gasteiger partial charge in [-0.2, -0.15) is 0 Å². The van der Waals surface area contributed by atoms with Crippen molar-refractivity contribution in [2.24, 2.45) is 16.8 Å². The summed E-state index contributed by atoms with van der Waals surface area (Å²) in [7, 11) is 2.92. The van der Waals surface area contributed by atoms with Crippen molar-refractivity contribution in [2.45, 2.75) is 206 Å². The number of aliphatic imine (C=N–C) groups is 1. The van der Waals surface area contributed by atoms with Crippen molar-refractivity contribution in [1.82, 2.24) is 25.8 Å². The minimum Gasteiger partial charge on any atom is -0.493 e. The fourth-order valence-electron chi connectivity index (χ4n) is 14.2. The molecule has 26 heteroatoms. The zero-order chi connectivity index (χ0) is 77.4. The van der Waals surface area contributed by atoms with Gasteiger partial charge in [0.1, 0.15) is 18.7 Å². The third kappa shape index (κ3) is 24.6. The number of methoxy groups -OCH3 is 2. The van der Waals surface area contributed by atoms with Crippen molar-refractivity contribution in [1.29, 1.82) is 0 Å². The van der Waals surface area contributed by atoms with E-state index in [0.717, 1.165) is 28.9 Å². The van der Waals surface area contributed by atoms with Crippen LogP contribution in [0.25, 0.3) is 0 Å². The number of allylic oxidation sites excluding steroid dienone is 4. The van der Waals surface area contributed by atoms with Gasteiger partial charge >= 0.3 is 6.09 Å². The molecule has 0 saturated heterocycles. The van der Waals surface area contributed by atoms with E-state index in [0.29, 0.717) is 105 Å². The number of carbonyl (C=O) groups is 7. The zero-order valence-electron chi connectivity index (χ0n) is 64.8. The Morgan fingerprint density at radius 1 is 0.648 bits per heavy atom. The van der Waals surface area contributed by atoms with Gasteiger partial charge < -0.3 is 78.8 Å². The summed E-state index contributed by atoms with van der Waals surface area (Å²) in [5.74, 6) is -0.175. The number of benzene rings is 3. The number of aliphatic hydroxyl groups is 1. The molecule has 0 spiro atoms. The lowest BCUT2D eigenvalue weighted by molar-refractivity contribution is -0.132. The maximum Gasteiger partial charge on any atom is 0.416 e. The topological polar surface area (TPSA) is 293 Å². The quantitative estimate of drug-likeness (QED) is 0.0332. The molecule has 0 unspecified atom stereocenters. The molecule has 3 aromatic rings. The highest BCUT2D eigenvalue weighted by Gasteiger charge is 2.46. The molecule has 5 aliphatic rings. The van der Waals surface area contributed by atoms with Crippen LogP contribution in [0.3, 0.4) is 0 Å². The molecule has 5 atom stereocenters. The van der Waals surface area contributed by atoms with Gasteiger partial charge in [-0.3, -0.25) is 33.8 Å². The van der Waals surface area contributed by atoms with E-state index in [1.807, 2.05) is 56.1 Å². The maximum absolute atomic E-state index is 14.4. The summed E-state index contributed by atoms with van der Waals surface area (Å²) in [5, 5.41) is 23.4. The number of hydrogen-bond donors (Lipinski definition) is 5. The summed E-state index contributed by atoms with van der Waals surface area (Å²) in [6.45, 7) is 16.5. The molecule has 3 aromatic carbocycles. The van der Waals surface area contributed by atoms with E-state index in [-0.39, 0.29) is 97.1 Å². The molecule has 0 bridgehead atoms. The molecule has 1 fully saturated rings. The standard InChI is InChI=1S/C82H116N8O17S/c1-10-25-59-45-63-51-84-66-49-71(69(99-8)47-64(66)78(95)88(63)52-59)105-35-24-36-106-72-50-67-65(48-70(72)100-9)79(96)89-53-60(26-11-2)46-68(89)80(97)90(67)81(98)107-54-58-29-31-62(32-30-58)86-76(93)57(7)85-77(94)75(56(5)6)87-73(91)33-37-101-39-41-103-43-44-104-42-40-102-38-34-83-74(92)55-108-82(12-3,13-4)61-27-22-20-18-16-14-15-17-19-21-23-28-61/h10-11,25-26,29-32,47-53,56-57,61,63,68,75,80,97H,12-24,27-28,33-46,54-55H2,1-9H3,(H,83,92)(H,85,94)(H,86,93)(H,87,91)/b25-10+,26-11+/t57-,63-,68-,75-,80-/m0/s1. The summed E-state index contributed by atoms with van der Waals surface area (Å²) in [5.41, 5.74) is 3.61. The first-order chi connectivity index (χ1) is 52.3. The van der Waals surface area contributed by atoms with Crippen molar-refractivity contribution in [3.8, 4) is 23.0 Å². The van der Waals surface area contributed by atoms with Crippen molar-refractivity contribution in [3.63, 3.8) is 0 Å². The first kappa shape index (κ1) is 85.3. The van der Waals surface area contributed by atoms with Crippen LogP contribution in [0.2, 0.25) is 0 Å². The molecule has 0 radical (unpaired) electrons. The predicted octanol–water partition coefficient (Wildman–Crippen LogP) is 12.9. The Bertz CT molecular complexity index is 3600. The molecule has 4 heterocycles. The summed E-state index contributed by atoms with van der Waals surface area (Å²) in [6, 6.07) is 9.69. The first-order valence-corrected chi connectivity index (χ1v) is 39.8. The van der Waals surface area contributed by atoms with Gasteiger partial charge in [0.2, 0.25) is 23.6 Å². The van der Waals surface area contributed by atoms with Gasteiger partial charge in [-0.15, -0.1) is 11.8 Å². The molecule has 25 nitrogen and oxygen atoms in total. The first-order valence-electron chi connectivity index (χ1n) is 38.8. The number of carbonyl (C=O) groups excluding carboxylic acids is 7. The van der Waals surface area contributed by atoms with E-state index in [2.05, 4.69) is 40.1 Å². The van der Waals surface area contributed by atoms with Crippen LogP contribution in [0.5, 0.6) is 23.0 Å². The largest absolute Gasteiger partial charge is 0.493 e. The van der Waals surface area contributed by atoms with Crippen LogP contribution in [0, 0.1) is 11.8 Å². The minimum atomic E-state index is -1.58. The normalized spacial score (nSPS) is 18.4. The molecule has 0 aromatic heterocycles. The third-order valence-electron chi connectivity index (χ3n) is 20.3. The SMILES string of the molecule is C/C=C/C1=CN2C(=O)c3cc(OC)c(OCCCOc4cc5c(cc4OC)C(=O)N4C=C(/C=C/C)C[C@H]4[C@H](O)N5C(=O)OCc4ccc(NC(=O)[C@H](C)NC(=O)[C@@H](NC(=O)CCOCCOCCOCCOCCNC(=O)CSC(CC)(CC)C5CCCCCCCCCCCC5)C(C)C)cc4)cc3N=C[C@@H]2C1. The molecule has 1 aliphatic carbocycles. The average Bonchev–Trinajstić information content (AvgIpc) is 1.59. The number of aliphatic hydroxyl groups excluding tert-OH is 1. The summed E-state index contributed by atoms with van der Waals surface area (Å²) >= 11 is 1.87. The second kappa shape index (κ2) is 44.4. The molecule has 7 amide bonds. The van der Waals surface area contributed by atoms with Gasteiger partial charge in [0.05, 0.1) is 121 Å². The maximum atomic E-state index is 14.4. The van der Waals surface area contributed by atoms with Crippen LogP contribution in [0.4, 0.5) is 21.9 Å². The van der Waals surface area contributed by atoms with Crippen molar-refractivity contribution >= 4 is 76.6 Å². The number of nitrogens with one attached hydrogen (secondary N) is 4. The second-order valence-corrected chi connectivity index (χ2v) is 29.6. The molecule has 5 N–H and O–H groups in total. The fourth-order valence-corrected chi connectivity index (χ4v) is 15.6. The molecule has 1 saturated carbocycles. The Morgan fingerprint density at radius 3 is 1.80 bits per heavy atom. The Kier molecular flexibility index (Phi) is 35.1. The zero-order valence-corrected chi connectivity index (χ0v) is 65.6. The second-order valence-electron chi connectivity index (χ2n) is 28.2. The number of fused-ring (bicyclic) bond motifs is 4. The lowest BCUT2D eigenvalue weighted by Gasteiger charge is -2.40. The van der Waals surface area contributed by atoms with Crippen LogP contribution in [0.1, 0.15) is 190 Å². The Balaban J connectivity index is 0.718. The van der Waals surface area contributed by atoms with Crippen LogP contribution in [-0.4, -0.2) is 190 Å². The highest BCUT2D eigenvalue weighted by atomic mass is 32.2. The van der Waals surface area contributed by atoms with Gasteiger partial charge in [-0.1, -0.05) is 128 Å². The highest BCUT2D eigenvalue weighted by molar-refractivity contribution is 8.01. The van der Waals surface area contributed by atoms with Gasteiger partial charge in [0.25, 0.3) is 11.8 Å². The van der Waals surface area contributed by atoms with E-state index in [1.165, 1.54) is 115 Å². The fraction of sp³-hybridized carbons (Fsp3) is 0.585. The molecular weight excluding hydrogens is 1400 g/mol. The van der Waals surface area contributed by atoms with Crippen molar-refractivity contribution < 1.29 is 81.3 Å². The molecule has 592 valence electrons. The van der Waals surface area contributed by atoms with Crippen molar-refractivity contribution in [2.75, 3.05) is 103 Å². The summed E-state index contributed by atoms with van der Waals surface area (Å²) in [4.78, 5) is 104. The lowest BCUT2D eigenvalue weighted by atomic mass is 9.79. The Hall–Kier alpha value is -8.27. The summed E-state index contributed by atoms with van der Waals surface area (Å²) in [6.07, 6.45) is 29.6.